The first-order chi connectivity index (χ1) is 12.8. The molecule has 2 N–H and O–H groups in total. The molecule has 0 radical (unpaired) electrons. The van der Waals surface area contributed by atoms with Crippen molar-refractivity contribution in [2.75, 3.05) is 11.9 Å². The van der Waals surface area contributed by atoms with Crippen molar-refractivity contribution in [2.45, 2.75) is 25.9 Å². The van der Waals surface area contributed by atoms with Crippen LogP contribution >= 0.6 is 11.3 Å². The van der Waals surface area contributed by atoms with Crippen LogP contribution in [0.5, 0.6) is 0 Å². The molecule has 1 unspecified atom stereocenters. The molecule has 142 valence electrons. The maximum absolute atomic E-state index is 12.6. The largest absolute Gasteiger partial charge is 0.416 e. The van der Waals surface area contributed by atoms with Crippen LogP contribution in [-0.4, -0.2) is 17.6 Å². The standard InChI is InChI=1S/C19H18F3N3OS/c1-11(13-3-5-14(6-4-13)19(20,21)22)9-24-18(26)25-17-12(2)27-16-10-23-8-7-15(16)17/h3-8,10-11H,9H2,1-2H3,(H2,24,25,26). The third kappa shape index (κ3) is 4.39. The van der Waals surface area contributed by atoms with E-state index in [-0.39, 0.29) is 11.9 Å². The number of hydrogen-bond acceptors (Lipinski definition) is 3. The molecule has 27 heavy (non-hydrogen) atoms. The van der Waals surface area contributed by atoms with Crippen molar-refractivity contribution in [1.82, 2.24) is 10.3 Å². The Morgan fingerprint density at radius 1 is 1.22 bits per heavy atom. The summed E-state index contributed by atoms with van der Waals surface area (Å²) in [5, 5.41) is 6.55. The van der Waals surface area contributed by atoms with Crippen LogP contribution in [0, 0.1) is 6.92 Å². The lowest BCUT2D eigenvalue weighted by molar-refractivity contribution is -0.137. The molecular formula is C19H18F3N3OS. The Balaban J connectivity index is 1.61. The molecule has 1 aromatic carbocycles. The molecule has 0 aliphatic heterocycles. The Labute approximate surface area is 158 Å². The van der Waals surface area contributed by atoms with Crippen molar-refractivity contribution in [3.05, 3.63) is 58.7 Å². The summed E-state index contributed by atoms with van der Waals surface area (Å²) >= 11 is 1.55. The van der Waals surface area contributed by atoms with Crippen molar-refractivity contribution >= 4 is 33.1 Å². The van der Waals surface area contributed by atoms with Gasteiger partial charge in [0.05, 0.1) is 16.0 Å². The third-order valence-electron chi connectivity index (χ3n) is 4.28. The number of alkyl halides is 3. The van der Waals surface area contributed by atoms with E-state index in [1.807, 2.05) is 19.9 Å². The number of thiophene rings is 1. The van der Waals surface area contributed by atoms with E-state index in [9.17, 15) is 18.0 Å². The van der Waals surface area contributed by atoms with Gasteiger partial charge in [-0.3, -0.25) is 4.98 Å². The number of aromatic nitrogens is 1. The van der Waals surface area contributed by atoms with Gasteiger partial charge in [-0.05, 0) is 36.6 Å². The lowest BCUT2D eigenvalue weighted by atomic mass is 10.00. The van der Waals surface area contributed by atoms with E-state index in [0.29, 0.717) is 6.54 Å². The number of nitrogens with one attached hydrogen (secondary N) is 2. The number of hydrogen-bond donors (Lipinski definition) is 2. The van der Waals surface area contributed by atoms with E-state index in [1.165, 1.54) is 12.1 Å². The van der Waals surface area contributed by atoms with Crippen molar-refractivity contribution in [3.8, 4) is 0 Å². The zero-order valence-corrected chi connectivity index (χ0v) is 15.5. The first-order valence-corrected chi connectivity index (χ1v) is 9.12. The smallest absolute Gasteiger partial charge is 0.337 e. The molecule has 0 saturated heterocycles. The number of benzene rings is 1. The summed E-state index contributed by atoms with van der Waals surface area (Å²) < 4.78 is 38.9. The molecule has 0 spiro atoms. The number of rotatable bonds is 4. The van der Waals surface area contributed by atoms with Gasteiger partial charge in [0.1, 0.15) is 0 Å². The molecule has 3 aromatic rings. The quantitative estimate of drug-likeness (QED) is 0.611. The van der Waals surface area contributed by atoms with E-state index < -0.39 is 11.7 Å². The fourth-order valence-electron chi connectivity index (χ4n) is 2.75. The lowest BCUT2D eigenvalue weighted by Gasteiger charge is -2.15. The van der Waals surface area contributed by atoms with Crippen LogP contribution in [0.2, 0.25) is 0 Å². The highest BCUT2D eigenvalue weighted by Gasteiger charge is 2.30. The van der Waals surface area contributed by atoms with E-state index in [1.54, 1.807) is 23.7 Å². The molecule has 0 aliphatic rings. The predicted molar refractivity (Wildman–Crippen MR) is 101 cm³/mol. The lowest BCUT2D eigenvalue weighted by Crippen LogP contribution is -2.31. The van der Waals surface area contributed by atoms with Gasteiger partial charge in [-0.25, -0.2) is 4.79 Å². The van der Waals surface area contributed by atoms with Gasteiger partial charge in [0.25, 0.3) is 0 Å². The zero-order valence-electron chi connectivity index (χ0n) is 14.7. The monoisotopic (exact) mass is 393 g/mol. The Bertz CT molecular complexity index is 951. The van der Waals surface area contributed by atoms with E-state index >= 15 is 0 Å². The predicted octanol–water partition coefficient (Wildman–Crippen LogP) is 5.55. The maximum Gasteiger partial charge on any atom is 0.416 e. The molecule has 3 rings (SSSR count). The van der Waals surface area contributed by atoms with Crippen LogP contribution in [-0.2, 0) is 6.18 Å². The van der Waals surface area contributed by atoms with Crippen LogP contribution in [0.15, 0.2) is 42.7 Å². The number of nitrogens with zero attached hydrogens (tertiary/aromatic N) is 1. The molecule has 0 fully saturated rings. The zero-order chi connectivity index (χ0) is 19.6. The number of anilines is 1. The van der Waals surface area contributed by atoms with Gasteiger partial charge in [-0.15, -0.1) is 11.3 Å². The molecule has 2 amide bonds. The van der Waals surface area contributed by atoms with Crippen LogP contribution in [0.4, 0.5) is 23.7 Å². The van der Waals surface area contributed by atoms with Crippen molar-refractivity contribution in [2.24, 2.45) is 0 Å². The fourth-order valence-corrected chi connectivity index (χ4v) is 3.74. The van der Waals surface area contributed by atoms with E-state index in [4.69, 9.17) is 0 Å². The summed E-state index contributed by atoms with van der Waals surface area (Å²) in [6.07, 6.45) is -0.927. The Morgan fingerprint density at radius 2 is 1.93 bits per heavy atom. The molecule has 8 heteroatoms. The third-order valence-corrected chi connectivity index (χ3v) is 5.34. The molecule has 2 heterocycles. The number of amides is 2. The second kappa shape index (κ2) is 7.56. The molecule has 0 saturated carbocycles. The number of halogens is 3. The minimum Gasteiger partial charge on any atom is -0.337 e. The molecular weight excluding hydrogens is 375 g/mol. The minimum absolute atomic E-state index is 0.123. The normalized spacial score (nSPS) is 12.8. The molecule has 2 aromatic heterocycles. The van der Waals surface area contributed by atoms with Gasteiger partial charge in [0, 0.05) is 29.2 Å². The number of aryl methyl sites for hydroxylation is 1. The summed E-state index contributed by atoms with van der Waals surface area (Å²) in [6, 6.07) is 6.49. The van der Waals surface area contributed by atoms with Gasteiger partial charge in [-0.1, -0.05) is 19.1 Å². The maximum atomic E-state index is 12.6. The molecule has 4 nitrogen and oxygen atoms in total. The summed E-state index contributed by atoms with van der Waals surface area (Å²) in [6.45, 7) is 4.07. The Morgan fingerprint density at radius 3 is 2.59 bits per heavy atom. The molecule has 0 bridgehead atoms. The van der Waals surface area contributed by atoms with E-state index in [2.05, 4.69) is 15.6 Å². The summed E-state index contributed by atoms with van der Waals surface area (Å²) in [7, 11) is 0. The average molecular weight is 393 g/mol. The SMILES string of the molecule is Cc1sc2cnccc2c1NC(=O)NCC(C)c1ccc(C(F)(F)F)cc1. The first-order valence-electron chi connectivity index (χ1n) is 8.31. The summed E-state index contributed by atoms with van der Waals surface area (Å²) in [5.41, 5.74) is 0.794. The number of urea groups is 1. The number of carbonyl (C=O) groups excluding carboxylic acids is 1. The molecule has 0 aliphatic carbocycles. The van der Waals surface area contributed by atoms with Crippen molar-refractivity contribution < 1.29 is 18.0 Å². The topological polar surface area (TPSA) is 54.0 Å². The van der Waals surface area contributed by atoms with Crippen molar-refractivity contribution in [1.29, 1.82) is 0 Å². The highest BCUT2D eigenvalue weighted by atomic mass is 32.1. The van der Waals surface area contributed by atoms with Crippen LogP contribution in [0.3, 0.4) is 0 Å². The highest BCUT2D eigenvalue weighted by Crippen LogP contribution is 2.34. The summed E-state index contributed by atoms with van der Waals surface area (Å²) in [5.74, 6) is -0.123. The number of fused-ring (bicyclic) bond motifs is 1. The Hall–Kier alpha value is -2.61. The van der Waals surface area contributed by atoms with Crippen molar-refractivity contribution in [3.63, 3.8) is 0 Å². The van der Waals surface area contributed by atoms with Crippen LogP contribution < -0.4 is 10.6 Å². The summed E-state index contributed by atoms with van der Waals surface area (Å²) in [4.78, 5) is 17.3. The van der Waals surface area contributed by atoms with E-state index in [0.717, 1.165) is 38.3 Å². The van der Waals surface area contributed by atoms with Gasteiger partial charge in [-0.2, -0.15) is 13.2 Å². The number of carbonyl (C=O) groups is 1. The minimum atomic E-state index is -4.35. The fraction of sp³-hybridized carbons (Fsp3) is 0.263. The van der Waals surface area contributed by atoms with Crippen LogP contribution in [0.1, 0.15) is 28.8 Å². The van der Waals surface area contributed by atoms with Gasteiger partial charge >= 0.3 is 12.2 Å². The average Bonchev–Trinajstić information content (AvgIpc) is 2.94. The highest BCUT2D eigenvalue weighted by molar-refractivity contribution is 7.19. The Kier molecular flexibility index (Phi) is 5.36. The van der Waals surface area contributed by atoms with Gasteiger partial charge in [0.15, 0.2) is 0 Å². The van der Waals surface area contributed by atoms with Gasteiger partial charge < -0.3 is 10.6 Å². The second-order valence-corrected chi connectivity index (χ2v) is 7.52. The van der Waals surface area contributed by atoms with Crippen LogP contribution in [0.25, 0.3) is 10.1 Å². The number of pyridine rings is 1. The second-order valence-electron chi connectivity index (χ2n) is 6.26. The first kappa shape index (κ1) is 19.2. The molecule has 1 atom stereocenters. The van der Waals surface area contributed by atoms with Gasteiger partial charge in [0.2, 0.25) is 0 Å².